The number of hydrogen-bond acceptors (Lipinski definition) is 3. The monoisotopic (exact) mass is 388 g/mol. The van der Waals surface area contributed by atoms with Crippen LogP contribution in [0.25, 0.3) is 11.0 Å². The molecular weight excluding hydrogens is 364 g/mol. The standard InChI is InChI=1S/C24H24N2O3/c1-15-10-19-11-18(8-9-22(19)29-15)24(28)25-12-20-13-26(16(2)27)23(21(20)14-25)17-6-4-3-5-7-17/h3-11,20-21,23H,12-14H2,1-2H3/t20-,21-,23-/m1/s1. The van der Waals surface area contributed by atoms with Crippen molar-refractivity contribution < 1.29 is 14.0 Å². The first-order valence-electron chi connectivity index (χ1n) is 10.1. The topological polar surface area (TPSA) is 53.8 Å². The minimum Gasteiger partial charge on any atom is -0.461 e. The van der Waals surface area contributed by atoms with Crippen molar-refractivity contribution in [2.75, 3.05) is 19.6 Å². The molecule has 3 heterocycles. The van der Waals surface area contributed by atoms with Gasteiger partial charge in [0.15, 0.2) is 0 Å². The van der Waals surface area contributed by atoms with Crippen LogP contribution in [0.3, 0.4) is 0 Å². The van der Waals surface area contributed by atoms with E-state index in [1.807, 2.05) is 59.2 Å². The van der Waals surface area contributed by atoms with Crippen molar-refractivity contribution in [3.05, 3.63) is 71.5 Å². The normalized spacial score (nSPS) is 23.6. The van der Waals surface area contributed by atoms with Gasteiger partial charge in [0.05, 0.1) is 6.04 Å². The van der Waals surface area contributed by atoms with Crippen LogP contribution in [0.4, 0.5) is 0 Å². The number of amides is 2. The van der Waals surface area contributed by atoms with E-state index >= 15 is 0 Å². The maximum absolute atomic E-state index is 13.2. The van der Waals surface area contributed by atoms with Gasteiger partial charge in [-0.05, 0) is 36.8 Å². The van der Waals surface area contributed by atoms with Crippen LogP contribution < -0.4 is 0 Å². The molecule has 0 N–H and O–H groups in total. The second-order valence-corrected chi connectivity index (χ2v) is 8.27. The third-order valence-electron chi connectivity index (χ3n) is 6.38. The lowest BCUT2D eigenvalue weighted by Crippen LogP contribution is -2.36. The molecule has 3 atom stereocenters. The molecule has 2 aromatic carbocycles. The van der Waals surface area contributed by atoms with Crippen LogP contribution in [0.5, 0.6) is 0 Å². The van der Waals surface area contributed by atoms with Crippen LogP contribution in [-0.4, -0.2) is 41.2 Å². The predicted octanol–water partition coefficient (Wildman–Crippen LogP) is 4.03. The second kappa shape index (κ2) is 6.76. The number of rotatable bonds is 2. The summed E-state index contributed by atoms with van der Waals surface area (Å²) < 4.78 is 5.62. The second-order valence-electron chi connectivity index (χ2n) is 8.27. The summed E-state index contributed by atoms with van der Waals surface area (Å²) in [4.78, 5) is 29.4. The van der Waals surface area contributed by atoms with Crippen LogP contribution in [0.1, 0.15) is 34.6 Å². The molecule has 1 aromatic heterocycles. The Balaban J connectivity index is 1.41. The quantitative estimate of drug-likeness (QED) is 0.666. The largest absolute Gasteiger partial charge is 0.461 e. The average molecular weight is 388 g/mol. The zero-order valence-corrected chi connectivity index (χ0v) is 16.7. The summed E-state index contributed by atoms with van der Waals surface area (Å²) in [7, 11) is 0. The Bertz CT molecular complexity index is 1090. The number of benzene rings is 2. The lowest BCUT2D eigenvalue weighted by atomic mass is 9.89. The van der Waals surface area contributed by atoms with Crippen molar-refractivity contribution in [2.24, 2.45) is 11.8 Å². The maximum atomic E-state index is 13.2. The summed E-state index contributed by atoms with van der Waals surface area (Å²) in [5, 5.41) is 0.956. The van der Waals surface area contributed by atoms with Crippen molar-refractivity contribution in [3.8, 4) is 0 Å². The van der Waals surface area contributed by atoms with E-state index in [4.69, 9.17) is 4.42 Å². The third-order valence-corrected chi connectivity index (χ3v) is 6.38. The molecule has 3 aromatic rings. The Labute approximate surface area is 169 Å². The van der Waals surface area contributed by atoms with E-state index in [9.17, 15) is 9.59 Å². The first kappa shape index (κ1) is 18.0. The number of furan rings is 1. The average Bonchev–Trinajstić information content (AvgIpc) is 3.38. The molecule has 148 valence electrons. The highest BCUT2D eigenvalue weighted by Gasteiger charge is 2.49. The smallest absolute Gasteiger partial charge is 0.253 e. The number of hydrogen-bond donors (Lipinski definition) is 0. The van der Waals surface area contributed by atoms with Gasteiger partial charge in [-0.15, -0.1) is 0 Å². The highest BCUT2D eigenvalue weighted by molar-refractivity contribution is 5.98. The van der Waals surface area contributed by atoms with Gasteiger partial charge in [-0.3, -0.25) is 9.59 Å². The highest BCUT2D eigenvalue weighted by atomic mass is 16.3. The number of carbonyl (C=O) groups excluding carboxylic acids is 2. The molecule has 2 amide bonds. The van der Waals surface area contributed by atoms with Crippen LogP contribution >= 0.6 is 0 Å². The number of fused-ring (bicyclic) bond motifs is 2. The van der Waals surface area contributed by atoms with E-state index in [1.54, 1.807) is 6.92 Å². The van der Waals surface area contributed by atoms with Crippen molar-refractivity contribution in [2.45, 2.75) is 19.9 Å². The van der Waals surface area contributed by atoms with Crippen molar-refractivity contribution in [3.63, 3.8) is 0 Å². The van der Waals surface area contributed by atoms with Crippen LogP contribution in [-0.2, 0) is 4.79 Å². The molecule has 0 aliphatic carbocycles. The Hall–Kier alpha value is -3.08. The van der Waals surface area contributed by atoms with Crippen molar-refractivity contribution >= 4 is 22.8 Å². The van der Waals surface area contributed by atoms with Gasteiger partial charge in [-0.2, -0.15) is 0 Å². The summed E-state index contributed by atoms with van der Waals surface area (Å²) in [6, 6.07) is 17.8. The maximum Gasteiger partial charge on any atom is 0.253 e. The van der Waals surface area contributed by atoms with Gasteiger partial charge in [-0.25, -0.2) is 0 Å². The summed E-state index contributed by atoms with van der Waals surface area (Å²) in [5.74, 6) is 1.58. The summed E-state index contributed by atoms with van der Waals surface area (Å²) in [6.45, 7) is 5.63. The van der Waals surface area contributed by atoms with E-state index in [2.05, 4.69) is 12.1 Å². The van der Waals surface area contributed by atoms with Gasteiger partial charge < -0.3 is 14.2 Å². The Morgan fingerprint density at radius 2 is 1.79 bits per heavy atom. The van der Waals surface area contributed by atoms with Crippen LogP contribution in [0, 0.1) is 18.8 Å². The summed E-state index contributed by atoms with van der Waals surface area (Å²) in [5.41, 5.74) is 2.65. The molecule has 0 bridgehead atoms. The number of likely N-dealkylation sites (tertiary alicyclic amines) is 2. The molecular formula is C24H24N2O3. The fourth-order valence-corrected chi connectivity index (χ4v) is 5.10. The first-order valence-corrected chi connectivity index (χ1v) is 10.1. The molecule has 0 unspecified atom stereocenters. The van der Waals surface area contributed by atoms with E-state index in [-0.39, 0.29) is 23.8 Å². The minimum absolute atomic E-state index is 0.0375. The van der Waals surface area contributed by atoms with E-state index in [0.717, 1.165) is 22.3 Å². The Morgan fingerprint density at radius 1 is 1.00 bits per heavy atom. The number of aryl methyl sites for hydroxylation is 1. The van der Waals surface area contributed by atoms with Gasteiger partial charge in [0.25, 0.3) is 5.91 Å². The van der Waals surface area contributed by atoms with E-state index in [0.29, 0.717) is 31.1 Å². The zero-order valence-electron chi connectivity index (χ0n) is 16.7. The molecule has 0 saturated carbocycles. The molecule has 2 aliphatic rings. The zero-order chi connectivity index (χ0) is 20.1. The Morgan fingerprint density at radius 3 is 2.55 bits per heavy atom. The van der Waals surface area contributed by atoms with Gasteiger partial charge in [0.1, 0.15) is 11.3 Å². The number of nitrogens with zero attached hydrogens (tertiary/aromatic N) is 2. The van der Waals surface area contributed by atoms with Gasteiger partial charge in [0, 0.05) is 49.3 Å². The van der Waals surface area contributed by atoms with E-state index in [1.165, 1.54) is 0 Å². The fourth-order valence-electron chi connectivity index (χ4n) is 5.10. The molecule has 2 aliphatic heterocycles. The van der Waals surface area contributed by atoms with Crippen molar-refractivity contribution in [1.29, 1.82) is 0 Å². The van der Waals surface area contributed by atoms with Gasteiger partial charge >= 0.3 is 0 Å². The van der Waals surface area contributed by atoms with Gasteiger partial charge in [-0.1, -0.05) is 30.3 Å². The first-order chi connectivity index (χ1) is 14.0. The minimum atomic E-state index is 0.0375. The van der Waals surface area contributed by atoms with Gasteiger partial charge in [0.2, 0.25) is 5.91 Å². The van der Waals surface area contributed by atoms with Crippen molar-refractivity contribution in [1.82, 2.24) is 9.80 Å². The van der Waals surface area contributed by atoms with Crippen LogP contribution in [0.15, 0.2) is 59.0 Å². The molecule has 5 nitrogen and oxygen atoms in total. The number of carbonyl (C=O) groups is 2. The summed E-state index contributed by atoms with van der Waals surface area (Å²) in [6.07, 6.45) is 0. The molecule has 5 rings (SSSR count). The van der Waals surface area contributed by atoms with E-state index < -0.39 is 0 Å². The molecule has 0 spiro atoms. The third kappa shape index (κ3) is 3.01. The van der Waals surface area contributed by atoms with Crippen LogP contribution in [0.2, 0.25) is 0 Å². The Kier molecular flexibility index (Phi) is 4.19. The fraction of sp³-hybridized carbons (Fsp3) is 0.333. The molecule has 2 fully saturated rings. The molecule has 5 heteroatoms. The molecule has 2 saturated heterocycles. The lowest BCUT2D eigenvalue weighted by Gasteiger charge is -2.29. The summed E-state index contributed by atoms with van der Waals surface area (Å²) >= 11 is 0. The lowest BCUT2D eigenvalue weighted by molar-refractivity contribution is -0.130. The molecule has 0 radical (unpaired) electrons. The molecule has 29 heavy (non-hydrogen) atoms. The highest BCUT2D eigenvalue weighted by Crippen LogP contribution is 2.45. The predicted molar refractivity (Wildman–Crippen MR) is 110 cm³/mol. The SMILES string of the molecule is CC(=O)N1C[C@H]2CN(C(=O)c3ccc4oc(C)cc4c3)C[C@H]2[C@H]1c1ccccc1.